The molecule has 2 aliphatic heterocycles. The van der Waals surface area contributed by atoms with Crippen LogP contribution in [0.4, 0.5) is 17.1 Å². The number of piperazine rings is 1. The fraction of sp³-hybridized carbons (Fsp3) is 0.256. The number of nitro benzene ring substituents is 1. The second-order valence-corrected chi connectivity index (χ2v) is 16.1. The van der Waals surface area contributed by atoms with E-state index in [-0.39, 0.29) is 29.0 Å². The largest absolute Gasteiger partial charge is 0.455 e. The topological polar surface area (TPSA) is 172 Å². The van der Waals surface area contributed by atoms with E-state index >= 15 is 0 Å². The molecular weight excluding hydrogens is 759 g/mol. The van der Waals surface area contributed by atoms with Crippen LogP contribution in [0.15, 0.2) is 126 Å². The quantitative estimate of drug-likeness (QED) is 0.0802. The lowest BCUT2D eigenvalue weighted by Gasteiger charge is -2.40. The molecule has 0 unspecified atom stereocenters. The number of amides is 1. The molecule has 8 rings (SSSR count). The number of ether oxygens (including phenoxy) is 2. The molecule has 58 heavy (non-hydrogen) atoms. The van der Waals surface area contributed by atoms with Crippen molar-refractivity contribution in [1.82, 2.24) is 19.6 Å². The Kier molecular flexibility index (Phi) is 11.3. The molecule has 0 aliphatic carbocycles. The fourth-order valence-electron chi connectivity index (χ4n) is 7.63. The van der Waals surface area contributed by atoms with Gasteiger partial charge in [0, 0.05) is 75.3 Å². The first-order valence-corrected chi connectivity index (χ1v) is 20.7. The maximum Gasteiger partial charge on any atom is 0.293 e. The summed E-state index contributed by atoms with van der Waals surface area (Å²) in [6.45, 7) is 4.62. The number of anilines is 2. The van der Waals surface area contributed by atoms with E-state index in [0.29, 0.717) is 44.2 Å². The Morgan fingerprint density at radius 1 is 0.914 bits per heavy atom. The van der Waals surface area contributed by atoms with Crippen LogP contribution in [-0.4, -0.2) is 80.1 Å². The van der Waals surface area contributed by atoms with Gasteiger partial charge in [0.2, 0.25) is 0 Å². The van der Waals surface area contributed by atoms with Gasteiger partial charge in [0.1, 0.15) is 22.8 Å². The summed E-state index contributed by atoms with van der Waals surface area (Å²) in [4.78, 5) is 37.0. The molecule has 6 aromatic rings. The van der Waals surface area contributed by atoms with E-state index in [0.717, 1.165) is 43.1 Å². The van der Waals surface area contributed by atoms with Crippen molar-refractivity contribution in [3.63, 3.8) is 0 Å². The molecule has 0 atom stereocenters. The Morgan fingerprint density at radius 3 is 2.31 bits per heavy atom. The molecule has 15 heteroatoms. The standard InChI is InChI=1S/C43H43N7O7S/c51-43(47-58(54,55)36-12-14-38(39(27-36)50(52)53)45-28-30-16-23-56-24-17-30)37-13-11-34(26-40(37)57-35-25-33-15-18-44-42(33)46-29-35)48-19-21-49(22-20-48)41(31-7-3-1-4-8-31)32-9-5-2-6-10-32/h1-15,18,25-27,29-30,41,45H,16-17,19-24,28H2,(H,44,46)(H,47,51). The molecule has 2 aliphatic rings. The van der Waals surface area contributed by atoms with Crippen molar-refractivity contribution < 1.29 is 27.6 Å². The van der Waals surface area contributed by atoms with Crippen LogP contribution < -0.4 is 19.7 Å². The van der Waals surface area contributed by atoms with Crippen LogP contribution in [-0.2, 0) is 14.8 Å². The zero-order chi connectivity index (χ0) is 40.1. The highest BCUT2D eigenvalue weighted by Crippen LogP contribution is 2.35. The van der Waals surface area contributed by atoms with E-state index in [4.69, 9.17) is 9.47 Å². The summed E-state index contributed by atoms with van der Waals surface area (Å²) in [5, 5.41) is 15.9. The minimum absolute atomic E-state index is 0.0439. The molecule has 2 aromatic heterocycles. The van der Waals surface area contributed by atoms with Crippen molar-refractivity contribution in [2.45, 2.75) is 23.8 Å². The van der Waals surface area contributed by atoms with Gasteiger partial charge in [-0.25, -0.2) is 18.1 Å². The molecular formula is C43H43N7O7S. The van der Waals surface area contributed by atoms with Crippen molar-refractivity contribution in [1.29, 1.82) is 0 Å². The SMILES string of the molecule is O=C(NS(=O)(=O)c1ccc(NCC2CCOCC2)c([N+](=O)[O-])c1)c1ccc(N2CCN(C(c3ccccc3)c3ccccc3)CC2)cc1Oc1cnc2[nH]ccc2c1. The molecule has 2 saturated heterocycles. The fourth-order valence-corrected chi connectivity index (χ4v) is 8.61. The van der Waals surface area contributed by atoms with Crippen LogP contribution in [0.25, 0.3) is 11.0 Å². The van der Waals surface area contributed by atoms with Gasteiger partial charge in [0.15, 0.2) is 0 Å². The number of fused-ring (bicyclic) bond motifs is 1. The van der Waals surface area contributed by atoms with Crippen molar-refractivity contribution in [3.05, 3.63) is 148 Å². The van der Waals surface area contributed by atoms with Crippen molar-refractivity contribution >= 4 is 44.0 Å². The van der Waals surface area contributed by atoms with E-state index < -0.39 is 31.4 Å². The van der Waals surface area contributed by atoms with Crippen LogP contribution in [0.2, 0.25) is 0 Å². The molecule has 0 bridgehead atoms. The predicted molar refractivity (Wildman–Crippen MR) is 221 cm³/mol. The molecule has 4 heterocycles. The number of nitrogens with one attached hydrogen (secondary N) is 3. The molecule has 298 valence electrons. The molecule has 0 spiro atoms. The lowest BCUT2D eigenvalue weighted by atomic mass is 9.96. The summed E-state index contributed by atoms with van der Waals surface area (Å²) in [7, 11) is -4.55. The van der Waals surface area contributed by atoms with Crippen LogP contribution in [0.1, 0.15) is 40.4 Å². The van der Waals surface area contributed by atoms with Gasteiger partial charge in [-0.15, -0.1) is 0 Å². The molecule has 0 radical (unpaired) electrons. The van der Waals surface area contributed by atoms with Gasteiger partial charge < -0.3 is 24.7 Å². The van der Waals surface area contributed by atoms with E-state index in [1.54, 1.807) is 24.4 Å². The minimum atomic E-state index is -4.55. The lowest BCUT2D eigenvalue weighted by Crippen LogP contribution is -2.48. The van der Waals surface area contributed by atoms with Crippen LogP contribution >= 0.6 is 0 Å². The average Bonchev–Trinajstić information content (AvgIpc) is 3.72. The number of pyridine rings is 1. The summed E-state index contributed by atoms with van der Waals surface area (Å²) in [5.41, 5.74) is 3.61. The van der Waals surface area contributed by atoms with Crippen molar-refractivity contribution in [2.75, 3.05) is 56.2 Å². The Bertz CT molecular complexity index is 2460. The number of nitro groups is 1. The first kappa shape index (κ1) is 38.6. The van der Waals surface area contributed by atoms with Crippen molar-refractivity contribution in [3.8, 4) is 11.5 Å². The van der Waals surface area contributed by atoms with Gasteiger partial charge >= 0.3 is 0 Å². The number of carbonyl (C=O) groups excluding carboxylic acids is 1. The number of H-pyrrole nitrogens is 1. The molecule has 4 aromatic carbocycles. The number of benzene rings is 4. The number of rotatable bonds is 13. The highest BCUT2D eigenvalue weighted by atomic mass is 32.2. The molecule has 3 N–H and O–H groups in total. The number of sulfonamides is 1. The van der Waals surface area contributed by atoms with Gasteiger partial charge in [-0.3, -0.25) is 19.8 Å². The van der Waals surface area contributed by atoms with Crippen LogP contribution in [0.3, 0.4) is 0 Å². The normalized spacial score (nSPS) is 15.4. The van der Waals surface area contributed by atoms with Gasteiger partial charge in [-0.1, -0.05) is 60.7 Å². The monoisotopic (exact) mass is 801 g/mol. The number of hydrogen-bond donors (Lipinski definition) is 3. The Hall–Kier alpha value is -6.29. The Labute approximate surface area is 336 Å². The third-order valence-corrected chi connectivity index (χ3v) is 12.0. The lowest BCUT2D eigenvalue weighted by molar-refractivity contribution is -0.384. The van der Waals surface area contributed by atoms with Crippen LogP contribution in [0.5, 0.6) is 11.5 Å². The summed E-state index contributed by atoms with van der Waals surface area (Å²) >= 11 is 0. The number of hydrogen-bond acceptors (Lipinski definition) is 11. The third kappa shape index (κ3) is 8.66. The second-order valence-electron chi connectivity index (χ2n) is 14.4. The zero-order valence-electron chi connectivity index (χ0n) is 31.6. The maximum atomic E-state index is 13.9. The van der Waals surface area contributed by atoms with Crippen molar-refractivity contribution in [2.24, 2.45) is 5.92 Å². The average molecular weight is 802 g/mol. The summed E-state index contributed by atoms with van der Waals surface area (Å²) in [6, 6.07) is 33.2. The highest BCUT2D eigenvalue weighted by molar-refractivity contribution is 7.90. The smallest absolute Gasteiger partial charge is 0.293 e. The van der Waals surface area contributed by atoms with E-state index in [2.05, 4.69) is 78.3 Å². The highest BCUT2D eigenvalue weighted by Gasteiger charge is 2.29. The molecule has 2 fully saturated rings. The first-order chi connectivity index (χ1) is 28.2. The van der Waals surface area contributed by atoms with Gasteiger partial charge in [-0.2, -0.15) is 0 Å². The summed E-state index contributed by atoms with van der Waals surface area (Å²) in [6.07, 6.45) is 4.92. The minimum Gasteiger partial charge on any atom is -0.455 e. The predicted octanol–water partition coefficient (Wildman–Crippen LogP) is 7.13. The maximum absolute atomic E-state index is 13.9. The molecule has 1 amide bonds. The van der Waals surface area contributed by atoms with Gasteiger partial charge in [0.05, 0.1) is 27.6 Å². The molecule has 14 nitrogen and oxygen atoms in total. The zero-order valence-corrected chi connectivity index (χ0v) is 32.4. The number of nitrogens with zero attached hydrogens (tertiary/aromatic N) is 4. The van der Waals surface area contributed by atoms with Crippen LogP contribution in [0, 0.1) is 16.0 Å². The number of aromatic nitrogens is 2. The number of carbonyl (C=O) groups is 1. The summed E-state index contributed by atoms with van der Waals surface area (Å²) in [5.74, 6) is -0.218. The molecule has 0 saturated carbocycles. The Balaban J connectivity index is 1.03. The van der Waals surface area contributed by atoms with E-state index in [1.165, 1.54) is 35.5 Å². The second kappa shape index (κ2) is 17.1. The number of aromatic amines is 1. The van der Waals surface area contributed by atoms with Gasteiger partial charge in [-0.05, 0) is 66.3 Å². The van der Waals surface area contributed by atoms with Gasteiger partial charge in [0.25, 0.3) is 21.6 Å². The summed E-state index contributed by atoms with van der Waals surface area (Å²) < 4.78 is 41.1. The Morgan fingerprint density at radius 2 is 1.62 bits per heavy atom. The first-order valence-electron chi connectivity index (χ1n) is 19.2. The third-order valence-electron chi connectivity index (χ3n) is 10.7. The van der Waals surface area contributed by atoms with E-state index in [1.807, 2.05) is 18.2 Å². The van der Waals surface area contributed by atoms with E-state index in [9.17, 15) is 23.3 Å².